The molecule has 0 aliphatic heterocycles. The van der Waals surface area contributed by atoms with Crippen molar-refractivity contribution in [3.05, 3.63) is 108 Å². The molecule has 28 heavy (non-hydrogen) atoms. The molecule has 0 saturated carbocycles. The molecule has 5 aromatic rings. The van der Waals surface area contributed by atoms with E-state index >= 15 is 0 Å². The van der Waals surface area contributed by atoms with Gasteiger partial charge < -0.3 is 0 Å². The molecule has 0 fully saturated rings. The molecule has 0 saturated heterocycles. The molecule has 0 heteroatoms. The fraction of sp³-hybridized carbons (Fsp3) is 0.0714. The number of benzene rings is 5. The third-order valence-electron chi connectivity index (χ3n) is 6.35. The highest BCUT2D eigenvalue weighted by atomic mass is 14.3. The van der Waals surface area contributed by atoms with E-state index in [-0.39, 0.29) is 0 Å². The van der Waals surface area contributed by atoms with E-state index in [0.717, 1.165) is 6.42 Å². The number of hydrogen-bond donors (Lipinski definition) is 0. The summed E-state index contributed by atoms with van der Waals surface area (Å²) in [6.45, 7) is 2.29. The standard InChI is InChI=1S/C28H20/c1-18-20(19-9-3-2-4-10-19)15-16-25-26(18)17-27-23-13-6-5-11-21(23)22-12-7-8-14-24(22)28(25)27/h2-16H,17H2,1H3. The molecule has 0 heterocycles. The third-order valence-corrected chi connectivity index (χ3v) is 6.35. The van der Waals surface area contributed by atoms with Crippen LogP contribution in [0.2, 0.25) is 0 Å². The molecular weight excluding hydrogens is 336 g/mol. The Balaban J connectivity index is 1.70. The summed E-state index contributed by atoms with van der Waals surface area (Å²) in [5.41, 5.74) is 9.87. The summed E-state index contributed by atoms with van der Waals surface area (Å²) in [4.78, 5) is 0. The molecule has 0 N–H and O–H groups in total. The Labute approximate surface area is 165 Å². The lowest BCUT2D eigenvalue weighted by molar-refractivity contribution is 1.23. The molecule has 0 radical (unpaired) electrons. The van der Waals surface area contributed by atoms with E-state index in [1.807, 2.05) is 0 Å². The number of rotatable bonds is 1. The van der Waals surface area contributed by atoms with Crippen LogP contribution in [-0.4, -0.2) is 0 Å². The average Bonchev–Trinajstić information content (AvgIpc) is 3.16. The quantitative estimate of drug-likeness (QED) is 0.267. The van der Waals surface area contributed by atoms with Crippen LogP contribution in [0.25, 0.3) is 43.8 Å². The van der Waals surface area contributed by atoms with Crippen LogP contribution in [0, 0.1) is 6.92 Å². The first kappa shape index (κ1) is 15.7. The van der Waals surface area contributed by atoms with E-state index in [1.54, 1.807) is 0 Å². The predicted molar refractivity (Wildman–Crippen MR) is 120 cm³/mol. The minimum absolute atomic E-state index is 1.02. The molecule has 0 amide bonds. The first-order chi connectivity index (χ1) is 13.8. The number of fused-ring (bicyclic) bond motifs is 8. The lowest BCUT2D eigenvalue weighted by Crippen LogP contribution is -1.91. The molecule has 6 rings (SSSR count). The van der Waals surface area contributed by atoms with Gasteiger partial charge in [0.2, 0.25) is 0 Å². The summed E-state index contributed by atoms with van der Waals surface area (Å²) in [5.74, 6) is 0. The third kappa shape index (κ3) is 2.06. The predicted octanol–water partition coefficient (Wildman–Crippen LogP) is 7.54. The van der Waals surface area contributed by atoms with Crippen molar-refractivity contribution in [3.63, 3.8) is 0 Å². The average molecular weight is 356 g/mol. The van der Waals surface area contributed by atoms with Crippen LogP contribution in [0.5, 0.6) is 0 Å². The Kier molecular flexibility index (Phi) is 3.25. The lowest BCUT2D eigenvalue weighted by Gasteiger charge is -2.13. The molecule has 1 aliphatic rings. The molecule has 1 aliphatic carbocycles. The first-order valence-corrected chi connectivity index (χ1v) is 9.93. The van der Waals surface area contributed by atoms with Gasteiger partial charge in [0.15, 0.2) is 0 Å². The van der Waals surface area contributed by atoms with Gasteiger partial charge in [-0.25, -0.2) is 0 Å². The Morgan fingerprint density at radius 2 is 1.07 bits per heavy atom. The summed E-state index contributed by atoms with van der Waals surface area (Å²) in [6, 6.07) is 33.2. The minimum Gasteiger partial charge on any atom is -0.0622 e. The van der Waals surface area contributed by atoms with Crippen LogP contribution in [0.3, 0.4) is 0 Å². The molecule has 0 nitrogen and oxygen atoms in total. The summed E-state index contributed by atoms with van der Waals surface area (Å²) in [7, 11) is 0. The van der Waals surface area contributed by atoms with Crippen LogP contribution >= 0.6 is 0 Å². The SMILES string of the molecule is Cc1c(-c2ccccc2)ccc2c1Cc1c-2c2ccccc2c2ccccc12. The Morgan fingerprint density at radius 3 is 1.82 bits per heavy atom. The highest BCUT2D eigenvalue weighted by Crippen LogP contribution is 2.48. The van der Waals surface area contributed by atoms with Crippen LogP contribution in [0.1, 0.15) is 16.7 Å². The molecule has 0 unspecified atom stereocenters. The van der Waals surface area contributed by atoms with Gasteiger partial charge in [0.05, 0.1) is 0 Å². The fourth-order valence-electron chi connectivity index (χ4n) is 5.03. The molecule has 132 valence electrons. The Hall–Kier alpha value is -3.38. The maximum atomic E-state index is 2.34. The highest BCUT2D eigenvalue weighted by molar-refractivity contribution is 6.17. The zero-order valence-electron chi connectivity index (χ0n) is 15.9. The lowest BCUT2D eigenvalue weighted by atomic mass is 9.91. The summed E-state index contributed by atoms with van der Waals surface area (Å²) in [6.07, 6.45) is 1.02. The van der Waals surface area contributed by atoms with Crippen molar-refractivity contribution in [2.24, 2.45) is 0 Å². The summed E-state index contributed by atoms with van der Waals surface area (Å²) < 4.78 is 0. The topological polar surface area (TPSA) is 0 Å². The highest BCUT2D eigenvalue weighted by Gasteiger charge is 2.26. The zero-order valence-corrected chi connectivity index (χ0v) is 15.9. The van der Waals surface area contributed by atoms with E-state index in [0.29, 0.717) is 0 Å². The smallest absolute Gasteiger partial charge is 0.000420 e. The van der Waals surface area contributed by atoms with Gasteiger partial charge in [0, 0.05) is 0 Å². The van der Waals surface area contributed by atoms with Gasteiger partial charge in [0.1, 0.15) is 0 Å². The summed E-state index contributed by atoms with van der Waals surface area (Å²) in [5, 5.41) is 5.50. The molecule has 0 aromatic heterocycles. The number of hydrogen-bond acceptors (Lipinski definition) is 0. The van der Waals surface area contributed by atoms with Gasteiger partial charge in [-0.3, -0.25) is 0 Å². The second-order valence-corrected chi connectivity index (χ2v) is 7.75. The van der Waals surface area contributed by atoms with Gasteiger partial charge in [-0.1, -0.05) is 91.0 Å². The van der Waals surface area contributed by atoms with Crippen molar-refractivity contribution in [3.8, 4) is 22.3 Å². The van der Waals surface area contributed by atoms with Crippen molar-refractivity contribution < 1.29 is 0 Å². The summed E-state index contributed by atoms with van der Waals surface area (Å²) >= 11 is 0. The second kappa shape index (κ2) is 5.81. The van der Waals surface area contributed by atoms with Gasteiger partial charge >= 0.3 is 0 Å². The van der Waals surface area contributed by atoms with Crippen LogP contribution in [-0.2, 0) is 6.42 Å². The van der Waals surface area contributed by atoms with Crippen molar-refractivity contribution in [1.29, 1.82) is 0 Å². The van der Waals surface area contributed by atoms with Crippen molar-refractivity contribution >= 4 is 21.5 Å². The first-order valence-electron chi connectivity index (χ1n) is 9.93. The van der Waals surface area contributed by atoms with Crippen LogP contribution in [0.4, 0.5) is 0 Å². The maximum absolute atomic E-state index is 2.34. The van der Waals surface area contributed by atoms with Crippen LogP contribution < -0.4 is 0 Å². The van der Waals surface area contributed by atoms with Crippen molar-refractivity contribution in [2.45, 2.75) is 13.3 Å². The molecular formula is C28H20. The Morgan fingerprint density at radius 1 is 0.500 bits per heavy atom. The minimum atomic E-state index is 1.02. The van der Waals surface area contributed by atoms with Gasteiger partial charge in [-0.05, 0) is 73.8 Å². The maximum Gasteiger partial charge on any atom is -0.000420 e. The van der Waals surface area contributed by atoms with Gasteiger partial charge in [-0.15, -0.1) is 0 Å². The van der Waals surface area contributed by atoms with E-state index < -0.39 is 0 Å². The molecule has 5 aromatic carbocycles. The van der Waals surface area contributed by atoms with E-state index in [4.69, 9.17) is 0 Å². The van der Waals surface area contributed by atoms with E-state index in [1.165, 1.54) is 60.5 Å². The Bertz CT molecular complexity index is 1370. The largest absolute Gasteiger partial charge is 0.0622 e. The van der Waals surface area contributed by atoms with Gasteiger partial charge in [-0.2, -0.15) is 0 Å². The van der Waals surface area contributed by atoms with Crippen molar-refractivity contribution in [1.82, 2.24) is 0 Å². The van der Waals surface area contributed by atoms with E-state index in [9.17, 15) is 0 Å². The second-order valence-electron chi connectivity index (χ2n) is 7.75. The molecule has 0 spiro atoms. The molecule has 0 bridgehead atoms. The van der Waals surface area contributed by atoms with Gasteiger partial charge in [0.25, 0.3) is 0 Å². The fourth-order valence-corrected chi connectivity index (χ4v) is 5.03. The van der Waals surface area contributed by atoms with Crippen molar-refractivity contribution in [2.75, 3.05) is 0 Å². The van der Waals surface area contributed by atoms with E-state index in [2.05, 4.69) is 97.9 Å². The monoisotopic (exact) mass is 356 g/mol. The molecule has 0 atom stereocenters. The zero-order chi connectivity index (χ0) is 18.7. The van der Waals surface area contributed by atoms with Crippen LogP contribution in [0.15, 0.2) is 91.0 Å². The normalized spacial score (nSPS) is 12.3.